The van der Waals surface area contributed by atoms with Crippen molar-refractivity contribution in [1.29, 1.82) is 0 Å². The Morgan fingerprint density at radius 3 is 2.83 bits per heavy atom. The predicted octanol–water partition coefficient (Wildman–Crippen LogP) is 1.52. The molecule has 18 heavy (non-hydrogen) atoms. The van der Waals surface area contributed by atoms with Gasteiger partial charge in [0.2, 0.25) is 0 Å². The highest BCUT2D eigenvalue weighted by atomic mass is 16.5. The highest BCUT2D eigenvalue weighted by Gasteiger charge is 2.27. The molecule has 94 valence electrons. The molecule has 0 amide bonds. The van der Waals surface area contributed by atoms with E-state index in [1.54, 1.807) is 7.11 Å². The van der Waals surface area contributed by atoms with Gasteiger partial charge in [0, 0.05) is 19.2 Å². The number of nitrogens with zero attached hydrogens (tertiary/aromatic N) is 2. The van der Waals surface area contributed by atoms with Crippen LogP contribution in [0.2, 0.25) is 0 Å². The molecule has 0 bridgehead atoms. The van der Waals surface area contributed by atoms with Crippen LogP contribution in [0.1, 0.15) is 18.3 Å². The first-order valence-electron chi connectivity index (χ1n) is 6.10. The number of aromatic amines is 1. The number of nitrogens with one attached hydrogen (secondary N) is 2. The van der Waals surface area contributed by atoms with Crippen molar-refractivity contribution in [3.63, 3.8) is 0 Å². The van der Waals surface area contributed by atoms with Gasteiger partial charge < -0.3 is 10.1 Å². The molecule has 1 aromatic heterocycles. The van der Waals surface area contributed by atoms with Crippen LogP contribution < -0.4 is 5.32 Å². The van der Waals surface area contributed by atoms with Gasteiger partial charge in [-0.15, -0.1) is 0 Å². The minimum atomic E-state index is 0.208. The summed E-state index contributed by atoms with van der Waals surface area (Å²) in [6.07, 6.45) is 1.19. The summed E-state index contributed by atoms with van der Waals surface area (Å²) < 4.78 is 5.33. The monoisotopic (exact) mass is 244 g/mol. The van der Waals surface area contributed by atoms with Crippen molar-refractivity contribution in [2.75, 3.05) is 13.7 Å². The average molecular weight is 244 g/mol. The normalized spacial score (nSPS) is 23.4. The first-order valence-corrected chi connectivity index (χ1v) is 6.10. The number of hydrogen-bond acceptors (Lipinski definition) is 4. The van der Waals surface area contributed by atoms with Crippen molar-refractivity contribution >= 4 is 0 Å². The van der Waals surface area contributed by atoms with Crippen molar-refractivity contribution in [2.45, 2.75) is 18.6 Å². The first-order chi connectivity index (χ1) is 8.86. The highest BCUT2D eigenvalue weighted by Crippen LogP contribution is 2.23. The zero-order valence-corrected chi connectivity index (χ0v) is 10.3. The Hall–Kier alpha value is -1.72. The largest absolute Gasteiger partial charge is 0.380 e. The number of methoxy groups -OCH3 is 1. The summed E-state index contributed by atoms with van der Waals surface area (Å²) in [6.45, 7) is 0.864. The SMILES string of the molecule is COC1CNC(c2nc(-c3ccccc3)n[nH]2)C1. The highest BCUT2D eigenvalue weighted by molar-refractivity contribution is 5.53. The minimum Gasteiger partial charge on any atom is -0.380 e. The van der Waals surface area contributed by atoms with Gasteiger partial charge in [-0.2, -0.15) is 5.10 Å². The Kier molecular flexibility index (Phi) is 3.08. The summed E-state index contributed by atoms with van der Waals surface area (Å²) in [5.41, 5.74) is 1.03. The second kappa shape index (κ2) is 4.88. The van der Waals surface area contributed by atoms with E-state index in [9.17, 15) is 0 Å². The lowest BCUT2D eigenvalue weighted by molar-refractivity contribution is 0.117. The zero-order valence-electron chi connectivity index (χ0n) is 10.3. The van der Waals surface area contributed by atoms with E-state index in [1.807, 2.05) is 30.3 Å². The van der Waals surface area contributed by atoms with E-state index in [4.69, 9.17) is 4.74 Å². The fraction of sp³-hybridized carbons (Fsp3) is 0.385. The van der Waals surface area contributed by atoms with Crippen LogP contribution in [0.25, 0.3) is 11.4 Å². The van der Waals surface area contributed by atoms with Gasteiger partial charge in [0.1, 0.15) is 5.82 Å². The number of aromatic nitrogens is 3. The van der Waals surface area contributed by atoms with Gasteiger partial charge in [0.15, 0.2) is 5.82 Å². The van der Waals surface area contributed by atoms with Crippen LogP contribution >= 0.6 is 0 Å². The van der Waals surface area contributed by atoms with E-state index in [-0.39, 0.29) is 12.1 Å². The van der Waals surface area contributed by atoms with Crippen LogP contribution in [0.15, 0.2) is 30.3 Å². The Morgan fingerprint density at radius 1 is 1.28 bits per heavy atom. The molecule has 1 fully saturated rings. The number of H-pyrrole nitrogens is 1. The third-order valence-corrected chi connectivity index (χ3v) is 3.29. The van der Waals surface area contributed by atoms with Crippen molar-refractivity contribution in [2.24, 2.45) is 0 Å². The zero-order chi connectivity index (χ0) is 12.4. The molecule has 2 atom stereocenters. The molecule has 3 rings (SSSR count). The third kappa shape index (κ3) is 2.14. The molecule has 1 saturated heterocycles. The fourth-order valence-corrected chi connectivity index (χ4v) is 2.24. The average Bonchev–Trinajstić information content (AvgIpc) is 3.08. The molecule has 2 unspecified atom stereocenters. The number of hydrogen-bond donors (Lipinski definition) is 2. The lowest BCUT2D eigenvalue weighted by Gasteiger charge is -2.05. The summed E-state index contributed by atoms with van der Waals surface area (Å²) in [6, 6.07) is 10.2. The molecule has 1 aliphatic rings. The first kappa shape index (κ1) is 11.4. The van der Waals surface area contributed by atoms with Crippen LogP contribution in [0.4, 0.5) is 0 Å². The van der Waals surface area contributed by atoms with Gasteiger partial charge >= 0.3 is 0 Å². The lowest BCUT2D eigenvalue weighted by Crippen LogP contribution is -2.16. The summed E-state index contributed by atoms with van der Waals surface area (Å²) in [5.74, 6) is 1.63. The Labute approximate surface area is 106 Å². The van der Waals surface area contributed by atoms with Gasteiger partial charge in [-0.1, -0.05) is 30.3 Å². The molecule has 0 radical (unpaired) electrons. The van der Waals surface area contributed by atoms with Gasteiger partial charge in [-0.25, -0.2) is 4.98 Å². The summed E-state index contributed by atoms with van der Waals surface area (Å²) in [5, 5.41) is 10.7. The van der Waals surface area contributed by atoms with E-state index < -0.39 is 0 Å². The molecule has 2 N–H and O–H groups in total. The molecule has 5 heteroatoms. The molecule has 1 aromatic carbocycles. The van der Waals surface area contributed by atoms with Gasteiger partial charge in [-0.3, -0.25) is 5.10 Å². The molecule has 1 aliphatic heterocycles. The second-order valence-electron chi connectivity index (χ2n) is 4.46. The van der Waals surface area contributed by atoms with Crippen molar-refractivity contribution < 1.29 is 4.74 Å². The van der Waals surface area contributed by atoms with E-state index in [1.165, 1.54) is 0 Å². The second-order valence-corrected chi connectivity index (χ2v) is 4.46. The molecule has 0 spiro atoms. The maximum Gasteiger partial charge on any atom is 0.181 e. The maximum absolute atomic E-state index is 5.33. The smallest absolute Gasteiger partial charge is 0.181 e. The van der Waals surface area contributed by atoms with Crippen molar-refractivity contribution in [1.82, 2.24) is 20.5 Å². The molecule has 2 heterocycles. The Balaban J connectivity index is 1.78. The summed E-state index contributed by atoms with van der Waals surface area (Å²) in [7, 11) is 1.74. The van der Waals surface area contributed by atoms with E-state index in [2.05, 4.69) is 20.5 Å². The third-order valence-electron chi connectivity index (χ3n) is 3.29. The van der Waals surface area contributed by atoms with Gasteiger partial charge in [0.05, 0.1) is 12.1 Å². The van der Waals surface area contributed by atoms with Crippen LogP contribution in [0, 0.1) is 0 Å². The number of benzene rings is 1. The number of ether oxygens (including phenoxy) is 1. The Bertz CT molecular complexity index is 511. The van der Waals surface area contributed by atoms with E-state index >= 15 is 0 Å². The molecule has 0 aliphatic carbocycles. The van der Waals surface area contributed by atoms with Crippen LogP contribution in [-0.2, 0) is 4.74 Å². The predicted molar refractivity (Wildman–Crippen MR) is 68.0 cm³/mol. The molecule has 2 aromatic rings. The van der Waals surface area contributed by atoms with Crippen LogP contribution in [-0.4, -0.2) is 34.9 Å². The molecular weight excluding hydrogens is 228 g/mol. The van der Waals surface area contributed by atoms with Gasteiger partial charge in [-0.05, 0) is 6.42 Å². The topological polar surface area (TPSA) is 62.8 Å². The van der Waals surface area contributed by atoms with Crippen LogP contribution in [0.3, 0.4) is 0 Å². The summed E-state index contributed by atoms with van der Waals surface area (Å²) >= 11 is 0. The summed E-state index contributed by atoms with van der Waals surface area (Å²) in [4.78, 5) is 4.55. The molecule has 0 saturated carbocycles. The maximum atomic E-state index is 5.33. The quantitative estimate of drug-likeness (QED) is 0.859. The lowest BCUT2D eigenvalue weighted by atomic mass is 10.2. The van der Waals surface area contributed by atoms with E-state index in [0.29, 0.717) is 0 Å². The molecular formula is C13H16N4O. The van der Waals surface area contributed by atoms with Crippen molar-refractivity contribution in [3.8, 4) is 11.4 Å². The minimum absolute atomic E-state index is 0.208. The fourth-order valence-electron chi connectivity index (χ4n) is 2.24. The van der Waals surface area contributed by atoms with Crippen molar-refractivity contribution in [3.05, 3.63) is 36.2 Å². The standard InChI is InChI=1S/C13H16N4O/c1-18-10-7-11(14-8-10)13-15-12(16-17-13)9-5-3-2-4-6-9/h2-6,10-11,14H,7-8H2,1H3,(H,15,16,17). The molecule has 5 nitrogen and oxygen atoms in total. The Morgan fingerprint density at radius 2 is 2.11 bits per heavy atom. The van der Waals surface area contributed by atoms with E-state index in [0.717, 1.165) is 30.2 Å². The number of rotatable bonds is 3. The van der Waals surface area contributed by atoms with Crippen LogP contribution in [0.5, 0.6) is 0 Å². The van der Waals surface area contributed by atoms with Gasteiger partial charge in [0.25, 0.3) is 0 Å².